The Kier molecular flexibility index (Phi) is 4.01. The molecule has 7 nitrogen and oxygen atoms in total. The van der Waals surface area contributed by atoms with Gasteiger partial charge in [-0.05, 0) is 30.4 Å². The number of rotatable bonds is 4. The van der Waals surface area contributed by atoms with E-state index in [9.17, 15) is 9.90 Å². The molecule has 1 aliphatic rings. The van der Waals surface area contributed by atoms with Gasteiger partial charge in [0.25, 0.3) is 0 Å². The maximum atomic E-state index is 12.6. The summed E-state index contributed by atoms with van der Waals surface area (Å²) in [6.07, 6.45) is 5.29. The standard InChI is InChI=1S/C18H21N5O2/c24-17(7-11-22-10-6-14-4-1-2-5-15(14)22)23-9-3-8-18(25,13-23)16-12-19-21-20-16/h1-2,4-6,10,12,25H,3,7-9,11,13H2,(H,19,20,21)/t18-/m0/s1. The Morgan fingerprint density at radius 3 is 3.04 bits per heavy atom. The van der Waals surface area contributed by atoms with Gasteiger partial charge in [0.15, 0.2) is 0 Å². The topological polar surface area (TPSA) is 87.0 Å². The summed E-state index contributed by atoms with van der Waals surface area (Å²) in [4.78, 5) is 14.4. The van der Waals surface area contributed by atoms with Gasteiger partial charge in [-0.1, -0.05) is 18.2 Å². The van der Waals surface area contributed by atoms with Crippen molar-refractivity contribution in [1.82, 2.24) is 24.9 Å². The van der Waals surface area contributed by atoms with Crippen LogP contribution in [0, 0.1) is 0 Å². The number of carbonyl (C=O) groups is 1. The molecule has 0 spiro atoms. The van der Waals surface area contributed by atoms with Crippen LogP contribution in [0.1, 0.15) is 25.0 Å². The summed E-state index contributed by atoms with van der Waals surface area (Å²) in [5.41, 5.74) is 0.524. The Labute approximate surface area is 145 Å². The molecule has 3 heterocycles. The third kappa shape index (κ3) is 3.02. The van der Waals surface area contributed by atoms with Gasteiger partial charge in [-0.15, -0.1) is 0 Å². The average Bonchev–Trinajstić information content (AvgIpc) is 3.30. The van der Waals surface area contributed by atoms with Crippen molar-refractivity contribution in [3.05, 3.63) is 48.4 Å². The van der Waals surface area contributed by atoms with Crippen molar-refractivity contribution in [3.8, 4) is 0 Å². The van der Waals surface area contributed by atoms with Gasteiger partial charge in [-0.25, -0.2) is 0 Å². The van der Waals surface area contributed by atoms with E-state index >= 15 is 0 Å². The van der Waals surface area contributed by atoms with Crippen molar-refractivity contribution in [2.75, 3.05) is 13.1 Å². The molecule has 1 amide bonds. The van der Waals surface area contributed by atoms with E-state index in [1.165, 1.54) is 11.6 Å². The van der Waals surface area contributed by atoms with Crippen LogP contribution < -0.4 is 0 Å². The number of benzene rings is 1. The molecule has 1 aromatic carbocycles. The smallest absolute Gasteiger partial charge is 0.224 e. The summed E-state index contributed by atoms with van der Waals surface area (Å²) in [7, 11) is 0. The Morgan fingerprint density at radius 2 is 2.20 bits per heavy atom. The number of β-amino-alcohol motifs (C(OH)–C–C–N with tert-alkyl or cyclic N) is 1. The Hall–Kier alpha value is -2.67. The predicted molar refractivity (Wildman–Crippen MR) is 92.6 cm³/mol. The fraction of sp³-hybridized carbons (Fsp3) is 0.389. The number of hydrogen-bond acceptors (Lipinski definition) is 4. The number of piperidine rings is 1. The molecule has 2 aromatic heterocycles. The van der Waals surface area contributed by atoms with Gasteiger partial charge in [0, 0.05) is 31.2 Å². The number of para-hydroxylation sites is 1. The van der Waals surface area contributed by atoms with Crippen molar-refractivity contribution in [3.63, 3.8) is 0 Å². The van der Waals surface area contributed by atoms with Crippen molar-refractivity contribution >= 4 is 16.8 Å². The number of amides is 1. The molecule has 1 atom stereocenters. The molecule has 1 aliphatic heterocycles. The molecule has 0 saturated carbocycles. The minimum atomic E-state index is -1.11. The molecule has 1 saturated heterocycles. The normalized spacial score (nSPS) is 20.9. The van der Waals surface area contributed by atoms with Crippen LogP contribution in [0.4, 0.5) is 0 Å². The van der Waals surface area contributed by atoms with E-state index in [1.54, 1.807) is 4.90 Å². The molecule has 7 heteroatoms. The fourth-order valence-electron chi connectivity index (χ4n) is 3.59. The summed E-state index contributed by atoms with van der Waals surface area (Å²) in [6.45, 7) is 1.57. The number of aromatic nitrogens is 4. The van der Waals surface area contributed by atoms with E-state index < -0.39 is 5.60 Å². The van der Waals surface area contributed by atoms with Crippen LogP contribution in [0.2, 0.25) is 0 Å². The lowest BCUT2D eigenvalue weighted by Crippen LogP contribution is -2.48. The first-order valence-corrected chi connectivity index (χ1v) is 8.56. The number of aryl methyl sites for hydroxylation is 1. The second-order valence-corrected chi connectivity index (χ2v) is 6.62. The van der Waals surface area contributed by atoms with Crippen molar-refractivity contribution < 1.29 is 9.90 Å². The van der Waals surface area contributed by atoms with Gasteiger partial charge in [-0.3, -0.25) is 4.79 Å². The van der Waals surface area contributed by atoms with Crippen LogP contribution in [0.25, 0.3) is 10.9 Å². The molecular weight excluding hydrogens is 318 g/mol. The molecule has 4 rings (SSSR count). The minimum absolute atomic E-state index is 0.0550. The monoisotopic (exact) mass is 339 g/mol. The maximum absolute atomic E-state index is 12.6. The SMILES string of the molecule is O=C(CCn1ccc2ccccc21)N1CCC[C@@](O)(c2cn[nH]n2)C1. The number of fused-ring (bicyclic) bond motifs is 1. The summed E-state index contributed by atoms with van der Waals surface area (Å²) >= 11 is 0. The first kappa shape index (κ1) is 15.8. The molecule has 0 aliphatic carbocycles. The Morgan fingerprint density at radius 1 is 1.32 bits per heavy atom. The van der Waals surface area contributed by atoms with Crippen molar-refractivity contribution in [2.45, 2.75) is 31.4 Å². The lowest BCUT2D eigenvalue weighted by atomic mass is 9.90. The first-order valence-electron chi connectivity index (χ1n) is 8.56. The largest absolute Gasteiger partial charge is 0.382 e. The number of hydrogen-bond donors (Lipinski definition) is 2. The van der Waals surface area contributed by atoms with E-state index in [4.69, 9.17) is 0 Å². The molecule has 0 unspecified atom stereocenters. The Balaban J connectivity index is 1.42. The van der Waals surface area contributed by atoms with Gasteiger partial charge in [0.2, 0.25) is 5.91 Å². The second-order valence-electron chi connectivity index (χ2n) is 6.62. The first-order chi connectivity index (χ1) is 12.2. The highest BCUT2D eigenvalue weighted by Gasteiger charge is 2.38. The van der Waals surface area contributed by atoms with E-state index in [0.717, 1.165) is 11.9 Å². The second kappa shape index (κ2) is 6.33. The van der Waals surface area contributed by atoms with Crippen LogP contribution in [0.15, 0.2) is 42.7 Å². The van der Waals surface area contributed by atoms with Gasteiger partial charge in [0.05, 0.1) is 12.7 Å². The average molecular weight is 339 g/mol. The zero-order valence-corrected chi connectivity index (χ0v) is 13.9. The third-order valence-corrected chi connectivity index (χ3v) is 4.96. The van der Waals surface area contributed by atoms with Gasteiger partial charge >= 0.3 is 0 Å². The fourth-order valence-corrected chi connectivity index (χ4v) is 3.59. The van der Waals surface area contributed by atoms with E-state index in [-0.39, 0.29) is 12.5 Å². The number of nitrogens with one attached hydrogen (secondary N) is 1. The molecule has 0 bridgehead atoms. The van der Waals surface area contributed by atoms with E-state index in [0.29, 0.717) is 31.6 Å². The van der Waals surface area contributed by atoms with Crippen LogP contribution >= 0.6 is 0 Å². The molecule has 0 radical (unpaired) electrons. The minimum Gasteiger partial charge on any atom is -0.382 e. The van der Waals surface area contributed by atoms with Crippen LogP contribution in [-0.2, 0) is 16.9 Å². The molecule has 130 valence electrons. The van der Waals surface area contributed by atoms with Crippen LogP contribution in [-0.4, -0.2) is 49.0 Å². The lowest BCUT2D eigenvalue weighted by molar-refractivity contribution is -0.139. The molecule has 1 fully saturated rings. The van der Waals surface area contributed by atoms with Crippen molar-refractivity contribution in [2.24, 2.45) is 0 Å². The van der Waals surface area contributed by atoms with Crippen molar-refractivity contribution in [1.29, 1.82) is 0 Å². The van der Waals surface area contributed by atoms with Crippen LogP contribution in [0.5, 0.6) is 0 Å². The maximum Gasteiger partial charge on any atom is 0.224 e. The molecule has 3 aromatic rings. The summed E-state index contributed by atoms with van der Waals surface area (Å²) in [6, 6.07) is 10.2. The highest BCUT2D eigenvalue weighted by molar-refractivity contribution is 5.80. The predicted octanol–water partition coefficient (Wildman–Crippen LogP) is 1.66. The van der Waals surface area contributed by atoms with Crippen LogP contribution in [0.3, 0.4) is 0 Å². The van der Waals surface area contributed by atoms with E-state index in [1.807, 2.05) is 18.3 Å². The summed E-state index contributed by atoms with van der Waals surface area (Å²) in [5, 5.41) is 22.3. The Bertz CT molecular complexity index is 873. The number of aliphatic hydroxyl groups is 1. The van der Waals surface area contributed by atoms with Gasteiger partial charge < -0.3 is 14.6 Å². The number of H-pyrrole nitrogens is 1. The van der Waals surface area contributed by atoms with Gasteiger partial charge in [0.1, 0.15) is 11.3 Å². The third-order valence-electron chi connectivity index (χ3n) is 4.96. The molecule has 25 heavy (non-hydrogen) atoms. The highest BCUT2D eigenvalue weighted by atomic mass is 16.3. The summed E-state index contributed by atoms with van der Waals surface area (Å²) in [5.74, 6) is 0.0550. The quantitative estimate of drug-likeness (QED) is 0.757. The zero-order valence-electron chi connectivity index (χ0n) is 13.9. The number of likely N-dealkylation sites (tertiary alicyclic amines) is 1. The van der Waals surface area contributed by atoms with E-state index in [2.05, 4.69) is 38.2 Å². The summed E-state index contributed by atoms with van der Waals surface area (Å²) < 4.78 is 2.10. The van der Waals surface area contributed by atoms with Gasteiger partial charge in [-0.2, -0.15) is 15.4 Å². The highest BCUT2D eigenvalue weighted by Crippen LogP contribution is 2.30. The zero-order chi connectivity index (χ0) is 17.3. The molecular formula is C18H21N5O2. The lowest BCUT2D eigenvalue weighted by Gasteiger charge is -2.38. The number of carbonyl (C=O) groups excluding carboxylic acids is 1. The molecule has 2 N–H and O–H groups in total. The number of aromatic amines is 1. The number of nitrogens with zero attached hydrogens (tertiary/aromatic N) is 4.